The first-order valence-corrected chi connectivity index (χ1v) is 8.10. The van der Waals surface area contributed by atoms with E-state index in [4.69, 9.17) is 10.5 Å². The fourth-order valence-electron chi connectivity index (χ4n) is 3.17. The summed E-state index contributed by atoms with van der Waals surface area (Å²) in [6.45, 7) is 7.64. The molecule has 1 aromatic rings. The summed E-state index contributed by atoms with van der Waals surface area (Å²) in [6.07, 6.45) is 5.10. The second-order valence-electron chi connectivity index (χ2n) is 7.09. The van der Waals surface area contributed by atoms with Gasteiger partial charge in [-0.1, -0.05) is 12.1 Å². The van der Waals surface area contributed by atoms with Crippen LogP contribution in [0.5, 0.6) is 5.75 Å². The van der Waals surface area contributed by atoms with E-state index in [1.54, 1.807) is 7.11 Å². The first-order valence-electron chi connectivity index (χ1n) is 8.10. The smallest absolute Gasteiger partial charge is 0.118 e. The first kappa shape index (κ1) is 16.3. The van der Waals surface area contributed by atoms with Crippen LogP contribution in [-0.4, -0.2) is 37.2 Å². The highest BCUT2D eigenvalue weighted by molar-refractivity contribution is 5.27. The molecule has 0 spiro atoms. The van der Waals surface area contributed by atoms with Crippen molar-refractivity contribution in [3.63, 3.8) is 0 Å². The predicted octanol–water partition coefficient (Wildman–Crippen LogP) is 3.08. The topological polar surface area (TPSA) is 38.5 Å². The largest absolute Gasteiger partial charge is 0.497 e. The fourth-order valence-corrected chi connectivity index (χ4v) is 3.17. The van der Waals surface area contributed by atoms with Crippen LogP contribution < -0.4 is 10.5 Å². The molecule has 3 heteroatoms. The lowest BCUT2D eigenvalue weighted by Gasteiger charge is -2.35. The van der Waals surface area contributed by atoms with Crippen LogP contribution in [0, 0.1) is 5.92 Å². The highest BCUT2D eigenvalue weighted by Crippen LogP contribution is 2.23. The van der Waals surface area contributed by atoms with Crippen molar-refractivity contribution in [2.24, 2.45) is 11.7 Å². The Morgan fingerprint density at radius 2 is 1.81 bits per heavy atom. The molecule has 2 rings (SSSR count). The molecule has 0 amide bonds. The summed E-state index contributed by atoms with van der Waals surface area (Å²) in [5.74, 6) is 1.81. The van der Waals surface area contributed by atoms with Gasteiger partial charge in [-0.3, -0.25) is 0 Å². The third kappa shape index (κ3) is 5.68. The minimum absolute atomic E-state index is 0.0735. The zero-order chi connectivity index (χ0) is 15.3. The molecular formula is C18H30N2O. The Labute approximate surface area is 129 Å². The van der Waals surface area contributed by atoms with Gasteiger partial charge in [0, 0.05) is 12.1 Å². The first-order chi connectivity index (χ1) is 9.96. The van der Waals surface area contributed by atoms with Gasteiger partial charge in [0.1, 0.15) is 5.75 Å². The van der Waals surface area contributed by atoms with Crippen LogP contribution in [0.25, 0.3) is 0 Å². The van der Waals surface area contributed by atoms with Crippen LogP contribution in [0.1, 0.15) is 38.7 Å². The van der Waals surface area contributed by atoms with Gasteiger partial charge in [-0.25, -0.2) is 0 Å². The molecule has 118 valence electrons. The number of piperidine rings is 1. The van der Waals surface area contributed by atoms with Gasteiger partial charge in [0.05, 0.1) is 7.11 Å². The molecule has 1 aromatic carbocycles. The molecule has 0 saturated carbocycles. The number of benzene rings is 1. The zero-order valence-corrected chi connectivity index (χ0v) is 13.8. The molecule has 0 radical (unpaired) electrons. The molecule has 1 fully saturated rings. The van der Waals surface area contributed by atoms with Crippen LogP contribution >= 0.6 is 0 Å². The number of methoxy groups -OCH3 is 1. The lowest BCUT2D eigenvalue weighted by atomic mass is 9.90. The van der Waals surface area contributed by atoms with Crippen LogP contribution in [0.15, 0.2) is 24.3 Å². The van der Waals surface area contributed by atoms with Crippen molar-refractivity contribution in [1.82, 2.24) is 4.90 Å². The molecular weight excluding hydrogens is 260 g/mol. The third-order valence-electron chi connectivity index (χ3n) is 4.34. The molecule has 1 aliphatic heterocycles. The minimum atomic E-state index is -0.0735. The van der Waals surface area contributed by atoms with Crippen molar-refractivity contribution < 1.29 is 4.74 Å². The molecule has 21 heavy (non-hydrogen) atoms. The molecule has 0 aliphatic carbocycles. The van der Waals surface area contributed by atoms with Crippen molar-refractivity contribution in [3.05, 3.63) is 29.8 Å². The number of hydrogen-bond acceptors (Lipinski definition) is 3. The van der Waals surface area contributed by atoms with Crippen LogP contribution in [0.3, 0.4) is 0 Å². The van der Waals surface area contributed by atoms with Crippen molar-refractivity contribution in [2.45, 2.75) is 45.1 Å². The summed E-state index contributed by atoms with van der Waals surface area (Å²) in [7, 11) is 1.71. The monoisotopic (exact) mass is 290 g/mol. The molecule has 0 bridgehead atoms. The standard InChI is InChI=1S/C18H30N2O/c1-18(2,19)14-20-12-10-16(11-13-20)5-4-15-6-8-17(21-3)9-7-15/h6-9,16H,4-5,10-14,19H2,1-3H3. The van der Waals surface area contributed by atoms with Crippen LogP contribution in [0.4, 0.5) is 0 Å². The van der Waals surface area contributed by atoms with Crippen molar-refractivity contribution in [2.75, 3.05) is 26.7 Å². The SMILES string of the molecule is COc1ccc(CCC2CCN(CC(C)(C)N)CC2)cc1. The van der Waals surface area contributed by atoms with Gasteiger partial charge in [0.15, 0.2) is 0 Å². The van der Waals surface area contributed by atoms with E-state index in [1.807, 2.05) is 0 Å². The van der Waals surface area contributed by atoms with E-state index < -0.39 is 0 Å². The summed E-state index contributed by atoms with van der Waals surface area (Å²) >= 11 is 0. The number of aryl methyl sites for hydroxylation is 1. The van der Waals surface area contributed by atoms with E-state index in [0.717, 1.165) is 18.2 Å². The molecule has 0 aromatic heterocycles. The van der Waals surface area contributed by atoms with Gasteiger partial charge in [-0.15, -0.1) is 0 Å². The van der Waals surface area contributed by atoms with Crippen molar-refractivity contribution >= 4 is 0 Å². The summed E-state index contributed by atoms with van der Waals surface area (Å²) < 4.78 is 5.20. The van der Waals surface area contributed by atoms with Gasteiger partial charge >= 0.3 is 0 Å². The van der Waals surface area contributed by atoms with E-state index in [1.165, 1.54) is 44.3 Å². The minimum Gasteiger partial charge on any atom is -0.497 e. The number of ether oxygens (including phenoxy) is 1. The Bertz CT molecular complexity index is 414. The Kier molecular flexibility index (Phi) is 5.65. The van der Waals surface area contributed by atoms with Crippen molar-refractivity contribution in [1.29, 1.82) is 0 Å². The Balaban J connectivity index is 1.71. The van der Waals surface area contributed by atoms with Crippen molar-refractivity contribution in [3.8, 4) is 5.75 Å². The maximum absolute atomic E-state index is 6.11. The summed E-state index contributed by atoms with van der Waals surface area (Å²) in [5.41, 5.74) is 7.45. The number of nitrogens with zero attached hydrogens (tertiary/aromatic N) is 1. The highest BCUT2D eigenvalue weighted by atomic mass is 16.5. The number of rotatable bonds is 6. The van der Waals surface area contributed by atoms with Crippen LogP contribution in [-0.2, 0) is 6.42 Å². The average Bonchev–Trinajstić information content (AvgIpc) is 2.45. The predicted molar refractivity (Wildman–Crippen MR) is 88.7 cm³/mol. The van der Waals surface area contributed by atoms with Gasteiger partial charge < -0.3 is 15.4 Å². The third-order valence-corrected chi connectivity index (χ3v) is 4.34. The second-order valence-corrected chi connectivity index (χ2v) is 7.09. The fraction of sp³-hybridized carbons (Fsp3) is 0.667. The summed E-state index contributed by atoms with van der Waals surface area (Å²) in [4.78, 5) is 2.52. The lowest BCUT2D eigenvalue weighted by molar-refractivity contribution is 0.154. The second kappa shape index (κ2) is 7.28. The molecule has 0 unspecified atom stereocenters. The molecule has 3 nitrogen and oxygen atoms in total. The van der Waals surface area contributed by atoms with E-state index in [2.05, 4.69) is 43.0 Å². The average molecular weight is 290 g/mol. The lowest BCUT2D eigenvalue weighted by Crippen LogP contribution is -2.47. The van der Waals surface area contributed by atoms with E-state index in [9.17, 15) is 0 Å². The quantitative estimate of drug-likeness (QED) is 0.875. The Morgan fingerprint density at radius 1 is 1.19 bits per heavy atom. The van der Waals surface area contributed by atoms with E-state index in [0.29, 0.717) is 0 Å². The Hall–Kier alpha value is -1.06. The normalized spacial score (nSPS) is 17.9. The molecule has 1 saturated heterocycles. The van der Waals surface area contributed by atoms with Crippen LogP contribution in [0.2, 0.25) is 0 Å². The number of likely N-dealkylation sites (tertiary alicyclic amines) is 1. The number of hydrogen-bond donors (Lipinski definition) is 1. The number of nitrogens with two attached hydrogens (primary N) is 1. The maximum Gasteiger partial charge on any atom is 0.118 e. The highest BCUT2D eigenvalue weighted by Gasteiger charge is 2.22. The van der Waals surface area contributed by atoms with Gasteiger partial charge in [-0.2, -0.15) is 0 Å². The zero-order valence-electron chi connectivity index (χ0n) is 13.8. The Morgan fingerprint density at radius 3 is 2.33 bits per heavy atom. The van der Waals surface area contributed by atoms with E-state index in [-0.39, 0.29) is 5.54 Å². The van der Waals surface area contributed by atoms with Gasteiger partial charge in [-0.05, 0) is 76.2 Å². The molecule has 1 aliphatic rings. The summed E-state index contributed by atoms with van der Waals surface area (Å²) in [5, 5.41) is 0. The molecule has 1 heterocycles. The van der Waals surface area contributed by atoms with Gasteiger partial charge in [0.2, 0.25) is 0 Å². The molecule has 2 N–H and O–H groups in total. The van der Waals surface area contributed by atoms with E-state index >= 15 is 0 Å². The molecule has 0 atom stereocenters. The maximum atomic E-state index is 6.11. The summed E-state index contributed by atoms with van der Waals surface area (Å²) in [6, 6.07) is 8.48. The van der Waals surface area contributed by atoms with Gasteiger partial charge in [0.25, 0.3) is 0 Å².